The third-order valence-electron chi connectivity index (χ3n) is 2.59. The summed E-state index contributed by atoms with van der Waals surface area (Å²) in [5.74, 6) is -0.0558. The van der Waals surface area contributed by atoms with E-state index in [4.69, 9.17) is 17.3 Å². The number of nitrogens with two attached hydrogens (primary N) is 1. The highest BCUT2D eigenvalue weighted by Gasteiger charge is 1.97. The summed E-state index contributed by atoms with van der Waals surface area (Å²) in [4.78, 5) is 10.4. The number of anilines is 1. The molecule has 1 amide bonds. The van der Waals surface area contributed by atoms with Crippen LogP contribution in [0.15, 0.2) is 54.6 Å². The summed E-state index contributed by atoms with van der Waals surface area (Å²) in [6.45, 7) is 3.79. The van der Waals surface area contributed by atoms with Crippen LogP contribution in [-0.2, 0) is 4.79 Å². The van der Waals surface area contributed by atoms with Crippen LogP contribution in [0.25, 0.3) is 0 Å². The summed E-state index contributed by atoms with van der Waals surface area (Å²) in [6, 6.07) is 18.2. The lowest BCUT2D eigenvalue weighted by Crippen LogP contribution is -2.30. The zero-order chi connectivity index (χ0) is 15.7. The fraction of sp³-hybridized carbons (Fsp3) is 0.235. The molecule has 2 aliphatic rings. The first kappa shape index (κ1) is 17.1. The number of amides is 1. The van der Waals surface area contributed by atoms with Crippen LogP contribution in [0, 0.1) is 10.4 Å². The Hall–Kier alpha value is -2.00. The quantitative estimate of drug-likeness (QED) is 0.564. The maximum atomic E-state index is 10.4. The highest BCUT2D eigenvalue weighted by atomic mass is 35.5. The van der Waals surface area contributed by atoms with Crippen LogP contribution >= 0.6 is 11.6 Å². The van der Waals surface area contributed by atoms with Gasteiger partial charge in [0.15, 0.2) is 0 Å². The summed E-state index contributed by atoms with van der Waals surface area (Å²) in [7, 11) is 0. The van der Waals surface area contributed by atoms with Crippen molar-refractivity contribution in [2.75, 3.05) is 11.6 Å². The number of nitrogens with one attached hydrogen (secondary N) is 1. The summed E-state index contributed by atoms with van der Waals surface area (Å²) >= 11 is 5.18. The van der Waals surface area contributed by atoms with E-state index in [0.29, 0.717) is 0 Å². The lowest BCUT2D eigenvalue weighted by atomic mass is 10.1. The van der Waals surface area contributed by atoms with Crippen molar-refractivity contribution in [2.24, 2.45) is 0 Å². The zero-order valence-corrected chi connectivity index (χ0v) is 13.1. The van der Waals surface area contributed by atoms with E-state index in [0.717, 1.165) is 5.69 Å². The Kier molecular flexibility index (Phi) is 7.33. The minimum absolute atomic E-state index is 0.0537. The first-order chi connectivity index (χ1) is 10.0. The molecule has 1 aromatic rings. The van der Waals surface area contributed by atoms with Gasteiger partial charge in [-0.15, -0.1) is 11.6 Å². The molecule has 0 aliphatic heterocycles. The lowest BCUT2D eigenvalue weighted by Gasteiger charge is -2.03. The molecule has 0 saturated heterocycles. The molecule has 21 heavy (non-hydrogen) atoms. The van der Waals surface area contributed by atoms with E-state index in [1.54, 1.807) is 0 Å². The largest absolute Gasteiger partial charge is 0.399 e. The van der Waals surface area contributed by atoms with E-state index in [-0.39, 0.29) is 17.8 Å². The maximum absolute atomic E-state index is 10.4. The predicted octanol–water partition coefficient (Wildman–Crippen LogP) is 3.31. The van der Waals surface area contributed by atoms with Crippen molar-refractivity contribution in [2.45, 2.75) is 19.9 Å². The highest BCUT2D eigenvalue weighted by Crippen LogP contribution is 2.04. The Morgan fingerprint density at radius 1 is 1.05 bits per heavy atom. The lowest BCUT2D eigenvalue weighted by molar-refractivity contribution is -0.119. The van der Waals surface area contributed by atoms with Crippen LogP contribution in [0.4, 0.5) is 5.69 Å². The molecule has 0 spiro atoms. The topological polar surface area (TPSA) is 55.1 Å². The monoisotopic (exact) mass is 304 g/mol. The molecule has 0 radical (unpaired) electrons. The highest BCUT2D eigenvalue weighted by molar-refractivity contribution is 6.27. The number of carbonyl (C=O) groups is 1. The van der Waals surface area contributed by atoms with Crippen LogP contribution in [0.5, 0.6) is 0 Å². The minimum Gasteiger partial charge on any atom is -0.399 e. The summed E-state index contributed by atoms with van der Waals surface area (Å²) < 4.78 is 0. The van der Waals surface area contributed by atoms with Crippen molar-refractivity contribution in [3.05, 3.63) is 65.0 Å². The Morgan fingerprint density at radius 3 is 1.67 bits per heavy atom. The van der Waals surface area contributed by atoms with Gasteiger partial charge in [0.1, 0.15) is 5.88 Å². The molecule has 3 N–H and O–H groups in total. The van der Waals surface area contributed by atoms with E-state index in [9.17, 15) is 4.79 Å². The van der Waals surface area contributed by atoms with Gasteiger partial charge in [-0.3, -0.25) is 4.79 Å². The summed E-state index contributed by atoms with van der Waals surface area (Å²) in [6.07, 6.45) is 0. The SMILES string of the molecule is CC(C)NC(=O)CCl.Nc1ccccc1.c1cc2ccc1=2. The van der Waals surface area contributed by atoms with Crippen LogP contribution in [0.3, 0.4) is 0 Å². The molecule has 1 aromatic carbocycles. The Balaban J connectivity index is 0.000000158. The molecular weight excluding hydrogens is 284 g/mol. The number of benzene rings is 2. The van der Waals surface area contributed by atoms with Crippen molar-refractivity contribution in [1.82, 2.24) is 5.32 Å². The molecule has 0 atom stereocenters. The smallest absolute Gasteiger partial charge is 0.235 e. The second kappa shape index (κ2) is 9.03. The van der Waals surface area contributed by atoms with Gasteiger partial charge < -0.3 is 11.1 Å². The minimum atomic E-state index is -0.110. The normalized spacial score (nSPS) is 9.71. The standard InChI is InChI=1S/C6H7N.C6H4.C5H10ClNO/c7-6-4-2-1-3-5-6;1-2-6-4-3-5(1)6;1-4(2)7-5(8)3-6/h1-5H,7H2;1-4H;4H,3H2,1-2H3,(H,7,8). The molecule has 0 unspecified atom stereocenters. The number of hydrogen-bond donors (Lipinski definition) is 2. The van der Waals surface area contributed by atoms with E-state index in [2.05, 4.69) is 29.6 Å². The van der Waals surface area contributed by atoms with E-state index in [1.807, 2.05) is 44.2 Å². The molecule has 2 aliphatic carbocycles. The second-order valence-electron chi connectivity index (χ2n) is 4.84. The van der Waals surface area contributed by atoms with Crippen molar-refractivity contribution >= 4 is 23.2 Å². The zero-order valence-electron chi connectivity index (χ0n) is 12.3. The van der Waals surface area contributed by atoms with Gasteiger partial charge in [-0.25, -0.2) is 0 Å². The molecule has 0 saturated carbocycles. The van der Waals surface area contributed by atoms with Crippen molar-refractivity contribution in [1.29, 1.82) is 0 Å². The van der Waals surface area contributed by atoms with Gasteiger partial charge in [-0.1, -0.05) is 42.5 Å². The number of hydrogen-bond acceptors (Lipinski definition) is 2. The van der Waals surface area contributed by atoms with Crippen molar-refractivity contribution in [3.8, 4) is 0 Å². The first-order valence-electron chi connectivity index (χ1n) is 6.79. The van der Waals surface area contributed by atoms with Gasteiger partial charge in [0, 0.05) is 11.7 Å². The molecule has 0 fully saturated rings. The molecule has 112 valence electrons. The van der Waals surface area contributed by atoms with Crippen molar-refractivity contribution < 1.29 is 4.79 Å². The number of alkyl halides is 1. The van der Waals surface area contributed by atoms with Gasteiger partial charge >= 0.3 is 0 Å². The molecule has 0 heterocycles. The molecule has 3 nitrogen and oxygen atoms in total. The number of halogens is 1. The van der Waals surface area contributed by atoms with Gasteiger partial charge in [0.05, 0.1) is 0 Å². The van der Waals surface area contributed by atoms with Crippen molar-refractivity contribution in [3.63, 3.8) is 0 Å². The third kappa shape index (κ3) is 6.82. The number of carbonyl (C=O) groups excluding carboxylic acids is 1. The maximum Gasteiger partial charge on any atom is 0.235 e. The summed E-state index contributed by atoms with van der Waals surface area (Å²) in [5.41, 5.74) is 6.18. The second-order valence-corrected chi connectivity index (χ2v) is 5.11. The Labute approximate surface area is 130 Å². The molecule has 0 aromatic heterocycles. The first-order valence-corrected chi connectivity index (χ1v) is 7.32. The van der Waals surface area contributed by atoms with E-state index >= 15 is 0 Å². The van der Waals surface area contributed by atoms with Gasteiger partial charge in [-0.05, 0) is 36.4 Å². The average molecular weight is 305 g/mol. The Bertz CT molecular complexity index is 591. The number of rotatable bonds is 2. The van der Waals surface area contributed by atoms with Crippen LogP contribution in [-0.4, -0.2) is 17.8 Å². The molecular formula is C17H21ClN2O. The van der Waals surface area contributed by atoms with E-state index < -0.39 is 0 Å². The Morgan fingerprint density at radius 2 is 1.52 bits per heavy atom. The summed E-state index contributed by atoms with van der Waals surface area (Å²) in [5, 5.41) is 5.47. The fourth-order valence-electron chi connectivity index (χ4n) is 1.48. The van der Waals surface area contributed by atoms with Crippen LogP contribution in [0.2, 0.25) is 0 Å². The van der Waals surface area contributed by atoms with Crippen LogP contribution < -0.4 is 11.1 Å². The number of nitrogen functional groups attached to an aromatic ring is 1. The third-order valence-corrected chi connectivity index (χ3v) is 2.83. The van der Waals surface area contributed by atoms with Crippen LogP contribution in [0.1, 0.15) is 13.8 Å². The molecule has 4 heteroatoms. The van der Waals surface area contributed by atoms with Gasteiger partial charge in [-0.2, -0.15) is 0 Å². The number of para-hydroxylation sites is 1. The average Bonchev–Trinajstić information content (AvgIpc) is 2.44. The van der Waals surface area contributed by atoms with Gasteiger partial charge in [0.25, 0.3) is 0 Å². The fourth-order valence-corrected chi connectivity index (χ4v) is 1.55. The van der Waals surface area contributed by atoms with E-state index in [1.165, 1.54) is 10.4 Å². The molecule has 0 bridgehead atoms. The molecule has 3 rings (SSSR count). The van der Waals surface area contributed by atoms with Gasteiger partial charge in [0.2, 0.25) is 5.91 Å². The predicted molar refractivity (Wildman–Crippen MR) is 89.0 cm³/mol.